The third-order valence-electron chi connectivity index (χ3n) is 3.10. The van der Waals surface area contributed by atoms with Gasteiger partial charge >= 0.3 is 5.97 Å². The van der Waals surface area contributed by atoms with Gasteiger partial charge in [-0.3, -0.25) is 14.4 Å². The molecule has 0 heterocycles. The van der Waals surface area contributed by atoms with E-state index < -0.39 is 11.4 Å². The van der Waals surface area contributed by atoms with Crippen LogP contribution in [0.1, 0.15) is 33.6 Å². The second-order valence-corrected chi connectivity index (χ2v) is 6.77. The Labute approximate surface area is 152 Å². The first-order chi connectivity index (χ1) is 11.6. The van der Waals surface area contributed by atoms with Gasteiger partial charge in [0, 0.05) is 23.2 Å². The topological polar surface area (TPSA) is 96.5 Å². The number of anilines is 2. The Balaban J connectivity index is 2.58. The molecule has 0 saturated heterocycles. The molecule has 0 aliphatic carbocycles. The first-order valence-corrected chi connectivity index (χ1v) is 8.12. The quantitative estimate of drug-likeness (QED) is 0.548. The first kappa shape index (κ1) is 20.6. The maximum atomic E-state index is 12.0. The van der Waals surface area contributed by atoms with Crippen molar-refractivity contribution in [2.45, 2.75) is 33.6 Å². The lowest BCUT2D eigenvalue weighted by molar-refractivity contribution is -0.142. The van der Waals surface area contributed by atoms with E-state index in [0.29, 0.717) is 11.4 Å². The number of benzene rings is 1. The van der Waals surface area contributed by atoms with Crippen molar-refractivity contribution in [1.29, 1.82) is 0 Å². The lowest BCUT2D eigenvalue weighted by atomic mass is 9.95. The SMILES string of the molecule is COC(=O)CCC(=O)NC(=S)Nc1cccc(NC(=O)C(C)(C)C)c1. The molecule has 0 aromatic heterocycles. The van der Waals surface area contributed by atoms with Crippen LogP contribution in [0.3, 0.4) is 0 Å². The van der Waals surface area contributed by atoms with Crippen LogP contribution in [-0.2, 0) is 19.1 Å². The van der Waals surface area contributed by atoms with E-state index in [1.165, 1.54) is 7.11 Å². The van der Waals surface area contributed by atoms with Crippen LogP contribution in [-0.4, -0.2) is 30.0 Å². The summed E-state index contributed by atoms with van der Waals surface area (Å²) in [6.07, 6.45) is -0.0323. The van der Waals surface area contributed by atoms with Crippen molar-refractivity contribution in [3.63, 3.8) is 0 Å². The number of carbonyl (C=O) groups is 3. The zero-order valence-electron chi connectivity index (χ0n) is 14.8. The molecule has 0 aliphatic rings. The van der Waals surface area contributed by atoms with E-state index in [-0.39, 0.29) is 29.8 Å². The molecule has 1 rings (SSSR count). The largest absolute Gasteiger partial charge is 0.469 e. The summed E-state index contributed by atoms with van der Waals surface area (Å²) in [5.74, 6) is -0.959. The highest BCUT2D eigenvalue weighted by Crippen LogP contribution is 2.20. The minimum absolute atomic E-state index is 0.0146. The van der Waals surface area contributed by atoms with Gasteiger partial charge in [-0.05, 0) is 30.4 Å². The summed E-state index contributed by atoms with van der Waals surface area (Å²) in [6, 6.07) is 6.96. The Kier molecular flexibility index (Phi) is 7.50. The van der Waals surface area contributed by atoms with Gasteiger partial charge in [0.1, 0.15) is 0 Å². The van der Waals surface area contributed by atoms with E-state index in [0.717, 1.165) is 0 Å². The molecule has 1 aromatic carbocycles. The monoisotopic (exact) mass is 365 g/mol. The van der Waals surface area contributed by atoms with E-state index in [9.17, 15) is 14.4 Å². The number of carbonyl (C=O) groups excluding carboxylic acids is 3. The molecule has 8 heteroatoms. The van der Waals surface area contributed by atoms with E-state index in [4.69, 9.17) is 12.2 Å². The van der Waals surface area contributed by atoms with Crippen LogP contribution in [0.25, 0.3) is 0 Å². The number of hydrogen-bond donors (Lipinski definition) is 3. The van der Waals surface area contributed by atoms with Crippen molar-refractivity contribution in [3.8, 4) is 0 Å². The van der Waals surface area contributed by atoms with E-state index in [1.807, 2.05) is 20.8 Å². The maximum Gasteiger partial charge on any atom is 0.306 e. The molecule has 0 aliphatic heterocycles. The fraction of sp³-hybridized carbons (Fsp3) is 0.412. The first-order valence-electron chi connectivity index (χ1n) is 7.71. The van der Waals surface area contributed by atoms with Gasteiger partial charge in [0.2, 0.25) is 11.8 Å². The van der Waals surface area contributed by atoms with Crippen molar-refractivity contribution in [2.24, 2.45) is 5.41 Å². The number of nitrogens with one attached hydrogen (secondary N) is 3. The highest BCUT2D eigenvalue weighted by Gasteiger charge is 2.21. The average Bonchev–Trinajstić information content (AvgIpc) is 2.51. The number of hydrogen-bond acceptors (Lipinski definition) is 5. The van der Waals surface area contributed by atoms with Gasteiger partial charge in [0.25, 0.3) is 0 Å². The lowest BCUT2D eigenvalue weighted by Gasteiger charge is -2.18. The molecular formula is C17H23N3O4S. The molecule has 0 bridgehead atoms. The normalized spacial score (nSPS) is 10.6. The molecule has 0 spiro atoms. The minimum atomic E-state index is -0.508. The average molecular weight is 365 g/mol. The highest BCUT2D eigenvalue weighted by atomic mass is 32.1. The van der Waals surface area contributed by atoms with Crippen LogP contribution in [0, 0.1) is 5.41 Å². The molecular weight excluding hydrogens is 342 g/mol. The number of methoxy groups -OCH3 is 1. The summed E-state index contributed by atoms with van der Waals surface area (Å²) in [6.45, 7) is 5.47. The predicted octanol–water partition coefficient (Wildman–Crippen LogP) is 2.44. The Morgan fingerprint density at radius 1 is 1.08 bits per heavy atom. The van der Waals surface area contributed by atoms with Gasteiger partial charge < -0.3 is 20.7 Å². The summed E-state index contributed by atoms with van der Waals surface area (Å²) in [5.41, 5.74) is 0.724. The molecule has 0 atom stereocenters. The fourth-order valence-electron chi connectivity index (χ4n) is 1.66. The summed E-state index contributed by atoms with van der Waals surface area (Å²) >= 11 is 5.06. The molecule has 0 saturated carbocycles. The number of amides is 2. The third kappa shape index (κ3) is 7.75. The summed E-state index contributed by atoms with van der Waals surface area (Å²) in [5, 5.41) is 8.26. The Morgan fingerprint density at radius 3 is 2.24 bits per heavy atom. The molecule has 2 amide bonds. The smallest absolute Gasteiger partial charge is 0.306 e. The maximum absolute atomic E-state index is 12.0. The number of ether oxygens (including phenoxy) is 1. The molecule has 3 N–H and O–H groups in total. The van der Waals surface area contributed by atoms with Crippen LogP contribution >= 0.6 is 12.2 Å². The zero-order chi connectivity index (χ0) is 19.0. The van der Waals surface area contributed by atoms with Crippen LogP contribution in [0.5, 0.6) is 0 Å². The molecule has 136 valence electrons. The Hall–Kier alpha value is -2.48. The summed E-state index contributed by atoms with van der Waals surface area (Å²) in [4.78, 5) is 34.7. The van der Waals surface area contributed by atoms with E-state index >= 15 is 0 Å². The number of rotatable bonds is 5. The Bertz CT molecular complexity index is 668. The standard InChI is InChI=1S/C17H23N3O4S/c1-17(2,3)15(23)18-11-6-5-7-12(10-11)19-16(25)20-13(21)8-9-14(22)24-4/h5-7,10H,8-9H2,1-4H3,(H,18,23)(H2,19,20,21,25). The third-order valence-corrected chi connectivity index (χ3v) is 3.30. The summed E-state index contributed by atoms with van der Waals surface area (Å²) < 4.78 is 4.47. The molecule has 1 aromatic rings. The van der Waals surface area contributed by atoms with Gasteiger partial charge in [-0.1, -0.05) is 26.8 Å². The molecule has 25 heavy (non-hydrogen) atoms. The van der Waals surface area contributed by atoms with Crippen molar-refractivity contribution < 1.29 is 19.1 Å². The van der Waals surface area contributed by atoms with Crippen LogP contribution in [0.15, 0.2) is 24.3 Å². The van der Waals surface area contributed by atoms with Crippen molar-refractivity contribution in [3.05, 3.63) is 24.3 Å². The van der Waals surface area contributed by atoms with E-state index in [2.05, 4.69) is 20.7 Å². The molecule has 7 nitrogen and oxygen atoms in total. The second-order valence-electron chi connectivity index (χ2n) is 6.36. The minimum Gasteiger partial charge on any atom is -0.469 e. The van der Waals surface area contributed by atoms with Gasteiger partial charge in [-0.2, -0.15) is 0 Å². The molecule has 0 unspecified atom stereocenters. The van der Waals surface area contributed by atoms with Crippen molar-refractivity contribution in [2.75, 3.05) is 17.7 Å². The van der Waals surface area contributed by atoms with Crippen LogP contribution in [0.4, 0.5) is 11.4 Å². The van der Waals surface area contributed by atoms with Crippen LogP contribution in [0.2, 0.25) is 0 Å². The molecule has 0 fully saturated rings. The van der Waals surface area contributed by atoms with Crippen molar-refractivity contribution >= 4 is 46.5 Å². The highest BCUT2D eigenvalue weighted by molar-refractivity contribution is 7.80. The Morgan fingerprint density at radius 2 is 1.68 bits per heavy atom. The molecule has 0 radical (unpaired) electrons. The van der Waals surface area contributed by atoms with Gasteiger partial charge in [-0.15, -0.1) is 0 Å². The van der Waals surface area contributed by atoms with Gasteiger partial charge in [0.15, 0.2) is 5.11 Å². The van der Waals surface area contributed by atoms with Gasteiger partial charge in [0.05, 0.1) is 13.5 Å². The second kappa shape index (κ2) is 9.12. The summed E-state index contributed by atoms with van der Waals surface area (Å²) in [7, 11) is 1.26. The van der Waals surface area contributed by atoms with Gasteiger partial charge in [-0.25, -0.2) is 0 Å². The number of thiocarbonyl (C=S) groups is 1. The fourth-order valence-corrected chi connectivity index (χ4v) is 1.89. The van der Waals surface area contributed by atoms with Crippen molar-refractivity contribution in [1.82, 2.24) is 5.32 Å². The lowest BCUT2D eigenvalue weighted by Crippen LogP contribution is -2.34. The van der Waals surface area contributed by atoms with Crippen LogP contribution < -0.4 is 16.0 Å². The van der Waals surface area contributed by atoms with E-state index in [1.54, 1.807) is 24.3 Å². The zero-order valence-corrected chi connectivity index (χ0v) is 15.6. The predicted molar refractivity (Wildman–Crippen MR) is 100 cm³/mol. The number of esters is 1.